The van der Waals surface area contributed by atoms with E-state index in [2.05, 4.69) is 20.4 Å². The van der Waals surface area contributed by atoms with Gasteiger partial charge in [-0.15, -0.1) is 24.0 Å². The number of hydrogen-bond acceptors (Lipinski definition) is 2. The predicted octanol–water partition coefficient (Wildman–Crippen LogP) is 3.08. The number of hydrogen-bond donors (Lipinski definition) is 2. The molecule has 0 saturated heterocycles. The van der Waals surface area contributed by atoms with Crippen LogP contribution >= 0.6 is 24.0 Å². The Morgan fingerprint density at radius 2 is 1.83 bits per heavy atom. The summed E-state index contributed by atoms with van der Waals surface area (Å²) in [4.78, 5) is 3.98. The summed E-state index contributed by atoms with van der Waals surface area (Å²) >= 11 is 0. The van der Waals surface area contributed by atoms with E-state index in [-0.39, 0.29) is 36.4 Å². The normalized spacial score (nSPS) is 11.8. The topological polar surface area (TPSA) is 45.7 Å². The Balaban J connectivity index is 0.00000484. The number of ether oxygens (including phenoxy) is 1. The smallest absolute Gasteiger partial charge is 0.372 e. The van der Waals surface area contributed by atoms with Gasteiger partial charge in [-0.05, 0) is 24.1 Å². The van der Waals surface area contributed by atoms with Gasteiger partial charge in [0.1, 0.15) is 12.4 Å². The Bertz CT molecular complexity index is 466. The number of aliphatic imine (C=N–C) groups is 1. The van der Waals surface area contributed by atoms with E-state index in [9.17, 15) is 17.6 Å². The molecule has 23 heavy (non-hydrogen) atoms. The summed E-state index contributed by atoms with van der Waals surface area (Å²) in [6, 6.07) is 6.04. The van der Waals surface area contributed by atoms with Crippen molar-refractivity contribution in [3.05, 3.63) is 35.6 Å². The van der Waals surface area contributed by atoms with Gasteiger partial charge in [0.05, 0.1) is 0 Å². The third-order valence-corrected chi connectivity index (χ3v) is 2.62. The minimum atomic E-state index is -4.29. The molecule has 0 aliphatic rings. The molecule has 0 radical (unpaired) electrons. The second-order valence-corrected chi connectivity index (χ2v) is 4.50. The van der Waals surface area contributed by atoms with Crippen molar-refractivity contribution in [2.45, 2.75) is 19.1 Å². The molecule has 1 rings (SSSR count). The van der Waals surface area contributed by atoms with Gasteiger partial charge in [-0.25, -0.2) is 4.39 Å². The van der Waals surface area contributed by atoms with Crippen molar-refractivity contribution in [3.8, 4) is 0 Å². The Morgan fingerprint density at radius 3 is 2.39 bits per heavy atom. The van der Waals surface area contributed by atoms with E-state index in [1.165, 1.54) is 12.1 Å². The van der Waals surface area contributed by atoms with Crippen LogP contribution in [0.5, 0.6) is 0 Å². The van der Waals surface area contributed by atoms with Gasteiger partial charge in [-0.3, -0.25) is 4.99 Å². The van der Waals surface area contributed by atoms with E-state index < -0.39 is 12.8 Å². The Morgan fingerprint density at radius 1 is 1.17 bits per heavy atom. The van der Waals surface area contributed by atoms with Crippen LogP contribution < -0.4 is 10.6 Å². The van der Waals surface area contributed by atoms with Crippen LogP contribution in [0.15, 0.2) is 29.3 Å². The molecule has 0 atom stereocenters. The lowest BCUT2D eigenvalue weighted by molar-refractivity contribution is -0.173. The number of nitrogens with one attached hydrogen (secondary N) is 2. The highest BCUT2D eigenvalue weighted by Crippen LogP contribution is 2.14. The van der Waals surface area contributed by atoms with Gasteiger partial charge >= 0.3 is 6.18 Å². The van der Waals surface area contributed by atoms with Crippen molar-refractivity contribution in [2.75, 3.05) is 26.8 Å². The van der Waals surface area contributed by atoms with Gasteiger partial charge in [0, 0.05) is 26.7 Å². The number of rotatable bonds is 7. The van der Waals surface area contributed by atoms with Crippen molar-refractivity contribution in [2.24, 2.45) is 4.99 Å². The molecule has 132 valence electrons. The van der Waals surface area contributed by atoms with Crippen LogP contribution in [0.3, 0.4) is 0 Å². The molecule has 0 aliphatic heterocycles. The molecule has 0 unspecified atom stereocenters. The summed E-state index contributed by atoms with van der Waals surface area (Å²) in [5.41, 5.74) is 0.887. The van der Waals surface area contributed by atoms with Crippen LogP contribution in [-0.4, -0.2) is 38.9 Å². The van der Waals surface area contributed by atoms with Gasteiger partial charge < -0.3 is 15.4 Å². The van der Waals surface area contributed by atoms with E-state index in [1.807, 2.05) is 0 Å². The van der Waals surface area contributed by atoms with Crippen molar-refractivity contribution in [3.63, 3.8) is 0 Å². The van der Waals surface area contributed by atoms with E-state index in [0.29, 0.717) is 25.5 Å². The van der Waals surface area contributed by atoms with Gasteiger partial charge in [0.25, 0.3) is 0 Å². The zero-order chi connectivity index (χ0) is 16.4. The highest BCUT2D eigenvalue weighted by atomic mass is 127. The largest absolute Gasteiger partial charge is 0.411 e. The Kier molecular flexibility index (Phi) is 10.9. The Labute approximate surface area is 149 Å². The lowest BCUT2D eigenvalue weighted by Gasteiger charge is -2.12. The maximum Gasteiger partial charge on any atom is 0.411 e. The van der Waals surface area contributed by atoms with Gasteiger partial charge in [-0.1, -0.05) is 12.1 Å². The maximum atomic E-state index is 12.8. The minimum Gasteiger partial charge on any atom is -0.372 e. The highest BCUT2D eigenvalue weighted by Gasteiger charge is 2.27. The Hall–Kier alpha value is -1.10. The number of guanidine groups is 1. The van der Waals surface area contributed by atoms with E-state index >= 15 is 0 Å². The van der Waals surface area contributed by atoms with E-state index in [0.717, 1.165) is 5.56 Å². The SMILES string of the molecule is CN=C(NCCCOCC(F)(F)F)NCc1ccc(F)cc1.I. The summed E-state index contributed by atoms with van der Waals surface area (Å²) in [7, 11) is 1.58. The third-order valence-electron chi connectivity index (χ3n) is 2.62. The summed E-state index contributed by atoms with van der Waals surface area (Å²) < 4.78 is 52.8. The fraction of sp³-hybridized carbons (Fsp3) is 0.500. The standard InChI is InChI=1S/C14H19F4N3O.HI/c1-19-13(20-7-2-8-22-10-14(16,17)18)21-9-11-3-5-12(15)6-4-11;/h3-6H,2,7-10H2,1H3,(H2,19,20,21);1H. The lowest BCUT2D eigenvalue weighted by atomic mass is 10.2. The van der Waals surface area contributed by atoms with Gasteiger partial charge in [0.15, 0.2) is 5.96 Å². The molecular weight excluding hydrogens is 429 g/mol. The molecule has 0 aliphatic carbocycles. The fourth-order valence-corrected chi connectivity index (χ4v) is 1.58. The molecule has 1 aromatic carbocycles. The molecular formula is C14H20F4IN3O. The van der Waals surface area contributed by atoms with Gasteiger partial charge in [-0.2, -0.15) is 13.2 Å². The molecule has 0 spiro atoms. The molecule has 0 amide bonds. The van der Waals surface area contributed by atoms with Crippen molar-refractivity contribution in [1.29, 1.82) is 0 Å². The van der Waals surface area contributed by atoms with Gasteiger partial charge in [0.2, 0.25) is 0 Å². The quantitative estimate of drug-likeness (QED) is 0.221. The molecule has 0 fully saturated rings. The molecule has 0 heterocycles. The first-order valence-corrected chi connectivity index (χ1v) is 6.74. The van der Waals surface area contributed by atoms with Crippen LogP contribution in [0.1, 0.15) is 12.0 Å². The van der Waals surface area contributed by atoms with Crippen LogP contribution in [0, 0.1) is 5.82 Å². The lowest BCUT2D eigenvalue weighted by Crippen LogP contribution is -2.37. The first kappa shape index (κ1) is 21.9. The molecule has 4 nitrogen and oxygen atoms in total. The summed E-state index contributed by atoms with van der Waals surface area (Å²) in [5, 5.41) is 5.97. The average Bonchev–Trinajstić information content (AvgIpc) is 2.46. The third kappa shape index (κ3) is 11.1. The number of halogens is 5. The van der Waals surface area contributed by atoms with E-state index in [1.54, 1.807) is 19.2 Å². The van der Waals surface area contributed by atoms with Crippen LogP contribution in [0.4, 0.5) is 17.6 Å². The summed E-state index contributed by atoms with van der Waals surface area (Å²) in [6.07, 6.45) is -3.87. The number of alkyl halides is 3. The average molecular weight is 449 g/mol. The molecule has 0 saturated carbocycles. The predicted molar refractivity (Wildman–Crippen MR) is 91.5 cm³/mol. The minimum absolute atomic E-state index is 0. The summed E-state index contributed by atoms with van der Waals surface area (Å²) in [6.45, 7) is -0.322. The number of nitrogens with zero attached hydrogens (tertiary/aromatic N) is 1. The van der Waals surface area contributed by atoms with Crippen LogP contribution in [0.2, 0.25) is 0 Å². The second kappa shape index (κ2) is 11.4. The molecule has 1 aromatic rings. The zero-order valence-electron chi connectivity index (χ0n) is 12.6. The number of benzene rings is 1. The van der Waals surface area contributed by atoms with Crippen LogP contribution in [0.25, 0.3) is 0 Å². The zero-order valence-corrected chi connectivity index (χ0v) is 15.0. The van der Waals surface area contributed by atoms with Crippen molar-refractivity contribution in [1.82, 2.24) is 10.6 Å². The van der Waals surface area contributed by atoms with E-state index in [4.69, 9.17) is 0 Å². The summed E-state index contributed by atoms with van der Waals surface area (Å²) in [5.74, 6) is 0.213. The monoisotopic (exact) mass is 449 g/mol. The molecule has 0 aromatic heterocycles. The molecule has 2 N–H and O–H groups in total. The van der Waals surface area contributed by atoms with Crippen molar-refractivity contribution < 1.29 is 22.3 Å². The molecule has 0 bridgehead atoms. The second-order valence-electron chi connectivity index (χ2n) is 4.50. The fourth-order valence-electron chi connectivity index (χ4n) is 1.58. The first-order chi connectivity index (χ1) is 10.4. The van der Waals surface area contributed by atoms with Crippen LogP contribution in [-0.2, 0) is 11.3 Å². The maximum absolute atomic E-state index is 12.8. The first-order valence-electron chi connectivity index (χ1n) is 6.74. The highest BCUT2D eigenvalue weighted by molar-refractivity contribution is 14.0. The van der Waals surface area contributed by atoms with Crippen molar-refractivity contribution >= 4 is 29.9 Å². The molecule has 9 heteroatoms.